The molecule has 0 aliphatic heterocycles. The molecule has 0 aliphatic carbocycles. The maximum absolute atomic E-state index is 12.2. The van der Waals surface area contributed by atoms with Crippen LogP contribution in [0.15, 0.2) is 108 Å². The van der Waals surface area contributed by atoms with Crippen LogP contribution in [-0.2, 0) is 4.79 Å². The zero-order valence-corrected chi connectivity index (χ0v) is 19.3. The maximum atomic E-state index is 12.2. The van der Waals surface area contributed by atoms with Crippen LogP contribution in [0.3, 0.4) is 0 Å². The summed E-state index contributed by atoms with van der Waals surface area (Å²) in [4.78, 5) is 24.2. The van der Waals surface area contributed by atoms with Crippen molar-refractivity contribution in [1.29, 1.82) is 0 Å². The molecule has 6 nitrogen and oxygen atoms in total. The van der Waals surface area contributed by atoms with Crippen molar-refractivity contribution in [2.24, 2.45) is 5.10 Å². The number of ether oxygens (including phenoxy) is 2. The number of halogens is 1. The minimum atomic E-state index is -0.504. The number of nitrogens with one attached hydrogen (secondary N) is 1. The van der Waals surface area contributed by atoms with Gasteiger partial charge in [-0.2, -0.15) is 5.10 Å². The predicted molar refractivity (Wildman–Crippen MR) is 136 cm³/mol. The van der Waals surface area contributed by atoms with E-state index in [2.05, 4.69) is 10.5 Å². The van der Waals surface area contributed by atoms with E-state index < -0.39 is 5.97 Å². The van der Waals surface area contributed by atoms with Gasteiger partial charge in [0.15, 0.2) is 6.61 Å². The molecule has 0 spiro atoms. The van der Waals surface area contributed by atoms with E-state index in [-0.39, 0.29) is 12.5 Å². The van der Waals surface area contributed by atoms with E-state index in [4.69, 9.17) is 21.1 Å². The summed E-state index contributed by atoms with van der Waals surface area (Å²) >= 11 is 5.90. The van der Waals surface area contributed by atoms with Crippen LogP contribution in [0.2, 0.25) is 5.02 Å². The van der Waals surface area contributed by atoms with Gasteiger partial charge in [-0.05, 0) is 71.3 Å². The van der Waals surface area contributed by atoms with E-state index in [9.17, 15) is 9.59 Å². The molecule has 0 saturated heterocycles. The van der Waals surface area contributed by atoms with E-state index in [1.807, 2.05) is 54.6 Å². The largest absolute Gasteiger partial charge is 0.484 e. The van der Waals surface area contributed by atoms with Crippen molar-refractivity contribution in [1.82, 2.24) is 5.43 Å². The van der Waals surface area contributed by atoms with Gasteiger partial charge in [-0.25, -0.2) is 10.2 Å². The Labute approximate surface area is 207 Å². The average molecular weight is 485 g/mol. The quantitative estimate of drug-likeness (QED) is 0.149. The second-order valence-electron chi connectivity index (χ2n) is 7.44. The normalized spacial score (nSPS) is 10.7. The van der Waals surface area contributed by atoms with Crippen molar-refractivity contribution in [2.45, 2.75) is 0 Å². The van der Waals surface area contributed by atoms with Crippen LogP contribution in [0.25, 0.3) is 11.1 Å². The number of rotatable bonds is 8. The lowest BCUT2D eigenvalue weighted by Gasteiger charge is -2.07. The molecular weight excluding hydrogens is 464 g/mol. The van der Waals surface area contributed by atoms with Crippen molar-refractivity contribution >= 4 is 29.7 Å². The van der Waals surface area contributed by atoms with Crippen LogP contribution in [0.1, 0.15) is 15.9 Å². The Morgan fingerprint density at radius 1 is 0.800 bits per heavy atom. The number of carbonyl (C=O) groups is 2. The van der Waals surface area contributed by atoms with Crippen molar-refractivity contribution in [3.8, 4) is 22.6 Å². The lowest BCUT2D eigenvalue weighted by molar-refractivity contribution is -0.123. The van der Waals surface area contributed by atoms with Gasteiger partial charge in [-0.15, -0.1) is 0 Å². The second kappa shape index (κ2) is 11.6. The van der Waals surface area contributed by atoms with Gasteiger partial charge in [0.2, 0.25) is 0 Å². The summed E-state index contributed by atoms with van der Waals surface area (Å²) in [6.45, 7) is -0.166. The molecule has 0 bridgehead atoms. The number of esters is 1. The Hall–Kier alpha value is -4.42. The molecule has 0 fully saturated rings. The summed E-state index contributed by atoms with van der Waals surface area (Å²) in [5, 5.41) is 4.39. The first-order valence-electron chi connectivity index (χ1n) is 10.7. The SMILES string of the molecule is O=C(COc1ccc(-c2ccccc2)cc1)N/N=C/c1ccc(OC(=O)c2cccc(Cl)c2)cc1. The second-order valence-corrected chi connectivity index (χ2v) is 7.88. The Bertz CT molecular complexity index is 1320. The number of hydrogen-bond donors (Lipinski definition) is 1. The number of carbonyl (C=O) groups excluding carboxylic acids is 2. The van der Waals surface area contributed by atoms with Crippen LogP contribution >= 0.6 is 11.6 Å². The highest BCUT2D eigenvalue weighted by Gasteiger charge is 2.09. The number of amides is 1. The van der Waals surface area contributed by atoms with E-state index in [0.29, 0.717) is 27.6 Å². The molecule has 0 saturated carbocycles. The smallest absolute Gasteiger partial charge is 0.343 e. The summed E-state index contributed by atoms with van der Waals surface area (Å²) in [6.07, 6.45) is 1.48. The van der Waals surface area contributed by atoms with E-state index >= 15 is 0 Å². The van der Waals surface area contributed by atoms with Gasteiger partial charge in [-0.1, -0.05) is 60.1 Å². The van der Waals surface area contributed by atoms with E-state index in [1.165, 1.54) is 12.3 Å². The van der Waals surface area contributed by atoms with Crippen molar-refractivity contribution in [3.05, 3.63) is 119 Å². The van der Waals surface area contributed by atoms with Crippen LogP contribution in [-0.4, -0.2) is 24.7 Å². The molecule has 7 heteroatoms. The lowest BCUT2D eigenvalue weighted by atomic mass is 10.1. The van der Waals surface area contributed by atoms with E-state index in [1.54, 1.807) is 42.5 Å². The molecule has 0 aromatic heterocycles. The highest BCUT2D eigenvalue weighted by Crippen LogP contribution is 2.22. The highest BCUT2D eigenvalue weighted by molar-refractivity contribution is 6.30. The third-order valence-corrected chi connectivity index (χ3v) is 5.12. The number of hydrazone groups is 1. The standard InChI is InChI=1S/C28H21ClN2O4/c29-24-8-4-7-23(17-24)28(33)35-26-13-9-20(10-14-26)18-30-31-27(32)19-34-25-15-11-22(12-16-25)21-5-2-1-3-6-21/h1-18H,19H2,(H,31,32)/b30-18+. The van der Waals surface area contributed by atoms with Gasteiger partial charge in [0, 0.05) is 5.02 Å². The first kappa shape index (κ1) is 23.7. The lowest BCUT2D eigenvalue weighted by Crippen LogP contribution is -2.24. The van der Waals surface area contributed by atoms with Crippen molar-refractivity contribution in [3.63, 3.8) is 0 Å². The molecule has 0 atom stereocenters. The third-order valence-electron chi connectivity index (χ3n) is 4.89. The van der Waals surface area contributed by atoms with Gasteiger partial charge in [0.05, 0.1) is 11.8 Å². The van der Waals surface area contributed by atoms with Crippen molar-refractivity contribution < 1.29 is 19.1 Å². The fraction of sp³-hybridized carbons (Fsp3) is 0.0357. The molecule has 4 aromatic carbocycles. The van der Waals surface area contributed by atoms with Gasteiger partial charge in [-0.3, -0.25) is 4.79 Å². The molecule has 0 aliphatic rings. The molecular formula is C28H21ClN2O4. The van der Waals surface area contributed by atoms with Crippen molar-refractivity contribution in [2.75, 3.05) is 6.61 Å². The molecule has 1 amide bonds. The summed E-state index contributed by atoms with van der Waals surface area (Å²) in [7, 11) is 0. The molecule has 1 N–H and O–H groups in total. The molecule has 174 valence electrons. The predicted octanol–water partition coefficient (Wildman–Crippen LogP) is 5.76. The van der Waals surface area contributed by atoms with Crippen LogP contribution in [0.4, 0.5) is 0 Å². The van der Waals surface area contributed by atoms with Gasteiger partial charge in [0.1, 0.15) is 11.5 Å². The fourth-order valence-corrected chi connectivity index (χ4v) is 3.33. The van der Waals surface area contributed by atoms with E-state index in [0.717, 1.165) is 11.1 Å². The Balaban J connectivity index is 1.22. The zero-order valence-electron chi connectivity index (χ0n) is 18.6. The summed E-state index contributed by atoms with van der Waals surface area (Å²) < 4.78 is 10.8. The molecule has 0 unspecified atom stereocenters. The third kappa shape index (κ3) is 7.03. The van der Waals surface area contributed by atoms with Gasteiger partial charge in [0.25, 0.3) is 5.91 Å². The Morgan fingerprint density at radius 2 is 1.49 bits per heavy atom. The highest BCUT2D eigenvalue weighted by atomic mass is 35.5. The van der Waals surface area contributed by atoms with Crippen LogP contribution < -0.4 is 14.9 Å². The molecule has 35 heavy (non-hydrogen) atoms. The Kier molecular flexibility index (Phi) is 7.88. The zero-order chi connectivity index (χ0) is 24.5. The number of nitrogens with zero attached hydrogens (tertiary/aromatic N) is 1. The molecule has 0 radical (unpaired) electrons. The van der Waals surface area contributed by atoms with Gasteiger partial charge < -0.3 is 9.47 Å². The minimum absolute atomic E-state index is 0.166. The average Bonchev–Trinajstić information content (AvgIpc) is 2.89. The summed E-state index contributed by atoms with van der Waals surface area (Å²) in [5.41, 5.74) is 5.67. The molecule has 4 rings (SSSR count). The fourth-order valence-electron chi connectivity index (χ4n) is 3.14. The van der Waals surface area contributed by atoms with Crippen LogP contribution in [0.5, 0.6) is 11.5 Å². The van der Waals surface area contributed by atoms with Crippen LogP contribution in [0, 0.1) is 0 Å². The minimum Gasteiger partial charge on any atom is -0.484 e. The Morgan fingerprint density at radius 3 is 2.20 bits per heavy atom. The summed E-state index contributed by atoms with van der Waals surface area (Å²) in [5.74, 6) is 0.0749. The first-order valence-corrected chi connectivity index (χ1v) is 11.1. The maximum Gasteiger partial charge on any atom is 0.343 e. The van der Waals surface area contributed by atoms with Gasteiger partial charge >= 0.3 is 5.97 Å². The molecule has 4 aromatic rings. The molecule has 0 heterocycles. The number of benzene rings is 4. The number of hydrogen-bond acceptors (Lipinski definition) is 5. The topological polar surface area (TPSA) is 77.0 Å². The first-order chi connectivity index (χ1) is 17.1. The summed E-state index contributed by atoms with van der Waals surface area (Å²) in [6, 6.07) is 30.7. The monoisotopic (exact) mass is 484 g/mol.